The quantitative estimate of drug-likeness (QED) is 0.453. The maximum Gasteiger partial charge on any atom is 0.330 e. The first-order valence-corrected chi connectivity index (χ1v) is 8.04. The fraction of sp³-hybridized carbons (Fsp3) is 0.444. The van der Waals surface area contributed by atoms with E-state index in [-0.39, 0.29) is 11.9 Å². The standard InChI is InChI=1S/C18H24N2O5/c1-5-25-15(21)8-11(2)17-16(19)18(22)20(17)10-12-6-7-13(23-3)9-14(12)24-4/h6-9,16-17H,5,10,19H2,1-4H3/t16-,17+/m0/s1. The third-order valence-corrected chi connectivity index (χ3v) is 4.18. The van der Waals surface area contributed by atoms with E-state index in [0.717, 1.165) is 5.56 Å². The van der Waals surface area contributed by atoms with Gasteiger partial charge in [-0.25, -0.2) is 4.79 Å². The second kappa shape index (κ2) is 8.02. The summed E-state index contributed by atoms with van der Waals surface area (Å²) in [5.41, 5.74) is 7.47. The maximum absolute atomic E-state index is 12.2. The normalized spacial score (nSPS) is 20.1. The van der Waals surface area contributed by atoms with Gasteiger partial charge in [0.1, 0.15) is 17.5 Å². The molecule has 7 nitrogen and oxygen atoms in total. The van der Waals surface area contributed by atoms with Crippen LogP contribution in [-0.4, -0.2) is 49.7 Å². The number of β-lactam (4-membered cyclic amide) rings is 1. The van der Waals surface area contributed by atoms with Gasteiger partial charge in [0.25, 0.3) is 0 Å². The minimum Gasteiger partial charge on any atom is -0.497 e. The molecule has 0 radical (unpaired) electrons. The molecule has 25 heavy (non-hydrogen) atoms. The maximum atomic E-state index is 12.2. The molecule has 2 N–H and O–H groups in total. The second-order valence-corrected chi connectivity index (χ2v) is 5.75. The molecule has 1 fully saturated rings. The third kappa shape index (κ3) is 3.93. The molecule has 1 aromatic rings. The zero-order valence-electron chi connectivity index (χ0n) is 14.9. The number of amides is 1. The van der Waals surface area contributed by atoms with Crippen molar-refractivity contribution in [3.63, 3.8) is 0 Å². The number of hydrogen-bond donors (Lipinski definition) is 1. The van der Waals surface area contributed by atoms with Crippen molar-refractivity contribution in [2.75, 3.05) is 20.8 Å². The molecule has 1 amide bonds. The van der Waals surface area contributed by atoms with Crippen LogP contribution < -0.4 is 15.2 Å². The molecule has 136 valence electrons. The van der Waals surface area contributed by atoms with Crippen LogP contribution in [0, 0.1) is 0 Å². The summed E-state index contributed by atoms with van der Waals surface area (Å²) in [6, 6.07) is 4.41. The van der Waals surface area contributed by atoms with Crippen molar-refractivity contribution < 1.29 is 23.8 Å². The van der Waals surface area contributed by atoms with Gasteiger partial charge in [-0.2, -0.15) is 0 Å². The van der Waals surface area contributed by atoms with Crippen LogP contribution in [-0.2, 0) is 20.9 Å². The Bertz CT molecular complexity index is 686. The fourth-order valence-electron chi connectivity index (χ4n) is 2.90. The number of ether oxygens (including phenoxy) is 3. The summed E-state index contributed by atoms with van der Waals surface area (Å²) in [4.78, 5) is 25.5. The van der Waals surface area contributed by atoms with Gasteiger partial charge in [0.15, 0.2) is 0 Å². The highest BCUT2D eigenvalue weighted by molar-refractivity contribution is 5.91. The summed E-state index contributed by atoms with van der Waals surface area (Å²) in [6.07, 6.45) is 1.39. The number of nitrogens with zero attached hydrogens (tertiary/aromatic N) is 1. The van der Waals surface area contributed by atoms with Crippen LogP contribution in [0.25, 0.3) is 0 Å². The van der Waals surface area contributed by atoms with E-state index in [1.807, 2.05) is 6.07 Å². The van der Waals surface area contributed by atoms with E-state index in [2.05, 4.69) is 0 Å². The van der Waals surface area contributed by atoms with Crippen molar-refractivity contribution in [1.29, 1.82) is 0 Å². The number of carbonyl (C=O) groups excluding carboxylic acids is 2. The van der Waals surface area contributed by atoms with Gasteiger partial charge in [0, 0.05) is 17.7 Å². The summed E-state index contributed by atoms with van der Waals surface area (Å²) in [7, 11) is 3.14. The first kappa shape index (κ1) is 18.8. The van der Waals surface area contributed by atoms with E-state index in [4.69, 9.17) is 19.9 Å². The molecule has 0 bridgehead atoms. The van der Waals surface area contributed by atoms with Gasteiger partial charge in [-0.3, -0.25) is 4.79 Å². The van der Waals surface area contributed by atoms with Crippen LogP contribution >= 0.6 is 0 Å². The molecule has 1 aliphatic rings. The summed E-state index contributed by atoms with van der Waals surface area (Å²) in [5, 5.41) is 0. The Kier molecular flexibility index (Phi) is 6.03. The average molecular weight is 348 g/mol. The lowest BCUT2D eigenvalue weighted by atomic mass is 9.88. The molecule has 0 saturated carbocycles. The summed E-state index contributed by atoms with van der Waals surface area (Å²) < 4.78 is 15.5. The van der Waals surface area contributed by atoms with Crippen LogP contribution in [0.15, 0.2) is 29.8 Å². The van der Waals surface area contributed by atoms with Crippen LogP contribution in [0.3, 0.4) is 0 Å². The van der Waals surface area contributed by atoms with Gasteiger partial charge in [-0.15, -0.1) is 0 Å². The monoisotopic (exact) mass is 348 g/mol. The Balaban J connectivity index is 2.20. The summed E-state index contributed by atoms with van der Waals surface area (Å²) in [5.74, 6) is 0.688. The summed E-state index contributed by atoms with van der Waals surface area (Å²) in [6.45, 7) is 4.14. The van der Waals surface area contributed by atoms with E-state index in [9.17, 15) is 9.59 Å². The van der Waals surface area contributed by atoms with Crippen molar-refractivity contribution in [2.24, 2.45) is 5.73 Å². The lowest BCUT2D eigenvalue weighted by Crippen LogP contribution is -2.68. The Hall–Kier alpha value is -2.54. The fourth-order valence-corrected chi connectivity index (χ4v) is 2.90. The predicted octanol–water partition coefficient (Wildman–Crippen LogP) is 1.25. The van der Waals surface area contributed by atoms with Crippen molar-refractivity contribution in [3.05, 3.63) is 35.4 Å². The molecular formula is C18H24N2O5. The van der Waals surface area contributed by atoms with Gasteiger partial charge in [-0.05, 0) is 31.6 Å². The van der Waals surface area contributed by atoms with Crippen molar-refractivity contribution in [1.82, 2.24) is 4.90 Å². The highest BCUT2D eigenvalue weighted by Gasteiger charge is 2.45. The highest BCUT2D eigenvalue weighted by Crippen LogP contribution is 2.31. The minimum atomic E-state index is -0.657. The number of rotatable bonds is 7. The van der Waals surface area contributed by atoms with Crippen molar-refractivity contribution in [3.8, 4) is 11.5 Å². The molecule has 7 heteroatoms. The third-order valence-electron chi connectivity index (χ3n) is 4.18. The van der Waals surface area contributed by atoms with Gasteiger partial charge in [0.05, 0.1) is 33.4 Å². The number of nitrogens with two attached hydrogens (primary N) is 1. The van der Waals surface area contributed by atoms with E-state index in [1.54, 1.807) is 45.1 Å². The number of hydrogen-bond acceptors (Lipinski definition) is 6. The molecule has 2 atom stereocenters. The van der Waals surface area contributed by atoms with E-state index in [0.29, 0.717) is 30.2 Å². The topological polar surface area (TPSA) is 91.1 Å². The summed E-state index contributed by atoms with van der Waals surface area (Å²) >= 11 is 0. The van der Waals surface area contributed by atoms with Crippen molar-refractivity contribution in [2.45, 2.75) is 32.5 Å². The molecule has 0 unspecified atom stereocenters. The van der Waals surface area contributed by atoms with Crippen LogP contribution in [0.2, 0.25) is 0 Å². The molecule has 1 saturated heterocycles. The van der Waals surface area contributed by atoms with E-state index in [1.165, 1.54) is 6.08 Å². The molecule has 1 aliphatic heterocycles. The number of likely N-dealkylation sites (tertiary alicyclic amines) is 1. The Morgan fingerprint density at radius 1 is 1.32 bits per heavy atom. The molecule has 0 aliphatic carbocycles. The van der Waals surface area contributed by atoms with Crippen LogP contribution in [0.4, 0.5) is 0 Å². The Morgan fingerprint density at radius 3 is 2.64 bits per heavy atom. The van der Waals surface area contributed by atoms with Crippen LogP contribution in [0.5, 0.6) is 11.5 Å². The first-order chi connectivity index (χ1) is 11.9. The van der Waals surface area contributed by atoms with Crippen molar-refractivity contribution >= 4 is 11.9 Å². The lowest BCUT2D eigenvalue weighted by Gasteiger charge is -2.46. The Morgan fingerprint density at radius 2 is 2.04 bits per heavy atom. The zero-order chi connectivity index (χ0) is 18.6. The zero-order valence-corrected chi connectivity index (χ0v) is 14.9. The molecule has 1 aromatic carbocycles. The molecular weight excluding hydrogens is 324 g/mol. The van der Waals surface area contributed by atoms with Gasteiger partial charge in [-0.1, -0.05) is 0 Å². The number of methoxy groups -OCH3 is 2. The van der Waals surface area contributed by atoms with Gasteiger partial charge >= 0.3 is 5.97 Å². The van der Waals surface area contributed by atoms with Gasteiger partial charge < -0.3 is 24.8 Å². The lowest BCUT2D eigenvalue weighted by molar-refractivity contribution is -0.148. The highest BCUT2D eigenvalue weighted by atomic mass is 16.5. The first-order valence-electron chi connectivity index (χ1n) is 8.04. The van der Waals surface area contributed by atoms with Crippen LogP contribution in [0.1, 0.15) is 19.4 Å². The van der Waals surface area contributed by atoms with E-state index < -0.39 is 12.0 Å². The average Bonchev–Trinajstić information content (AvgIpc) is 2.60. The predicted molar refractivity (Wildman–Crippen MR) is 92.2 cm³/mol. The molecule has 1 heterocycles. The molecule has 2 rings (SSSR count). The molecule has 0 spiro atoms. The SMILES string of the molecule is CCOC(=O)C=C(C)[C@@H]1[C@H](N)C(=O)N1Cc1ccc(OC)cc1OC. The Labute approximate surface area is 147 Å². The second-order valence-electron chi connectivity index (χ2n) is 5.75. The molecule has 0 aromatic heterocycles. The minimum absolute atomic E-state index is 0.167. The number of carbonyl (C=O) groups is 2. The number of benzene rings is 1. The number of esters is 1. The largest absolute Gasteiger partial charge is 0.497 e. The van der Waals surface area contributed by atoms with Gasteiger partial charge in [0.2, 0.25) is 5.91 Å². The smallest absolute Gasteiger partial charge is 0.330 e. The van der Waals surface area contributed by atoms with E-state index >= 15 is 0 Å².